The van der Waals surface area contributed by atoms with E-state index in [9.17, 15) is 9.18 Å². The van der Waals surface area contributed by atoms with Crippen LogP contribution in [0.15, 0.2) is 72.9 Å². The normalized spacial score (nSPS) is 10.3. The van der Waals surface area contributed by atoms with Crippen molar-refractivity contribution >= 4 is 17.4 Å². The number of carbonyl (C=O) groups excluding carboxylic acids is 1. The lowest BCUT2D eigenvalue weighted by molar-refractivity contribution is -0.115. The maximum Gasteiger partial charge on any atom is 0.229 e. The Bertz CT molecular complexity index is 833. The van der Waals surface area contributed by atoms with Crippen LogP contribution in [-0.2, 0) is 17.6 Å². The third kappa shape index (κ3) is 5.41. The first-order valence-corrected chi connectivity index (χ1v) is 8.47. The molecule has 3 rings (SSSR count). The zero-order chi connectivity index (χ0) is 18.2. The van der Waals surface area contributed by atoms with Crippen LogP contribution in [0.4, 0.5) is 15.9 Å². The minimum absolute atomic E-state index is 0.180. The molecule has 1 aromatic heterocycles. The van der Waals surface area contributed by atoms with Gasteiger partial charge in [0.2, 0.25) is 5.91 Å². The van der Waals surface area contributed by atoms with Crippen LogP contribution in [0.2, 0.25) is 0 Å². The summed E-state index contributed by atoms with van der Waals surface area (Å²) in [6, 6.07) is 19.8. The summed E-state index contributed by atoms with van der Waals surface area (Å²) < 4.78 is 12.9. The number of nitrogens with zero attached hydrogens (tertiary/aromatic N) is 1. The lowest BCUT2D eigenvalue weighted by atomic mass is 10.1. The van der Waals surface area contributed by atoms with Crippen molar-refractivity contribution in [3.05, 3.63) is 89.9 Å². The second-order valence-corrected chi connectivity index (χ2v) is 5.95. The van der Waals surface area contributed by atoms with Crippen LogP contribution in [0, 0.1) is 5.82 Å². The molecular weight excluding hydrogens is 329 g/mol. The Labute approximate surface area is 152 Å². The van der Waals surface area contributed by atoms with Gasteiger partial charge in [0.1, 0.15) is 11.6 Å². The molecule has 0 unspecified atom stereocenters. The number of aromatic nitrogens is 1. The summed E-state index contributed by atoms with van der Waals surface area (Å²) in [6.07, 6.45) is 2.80. The fraction of sp³-hybridized carbons (Fsp3) is 0.143. The molecule has 1 amide bonds. The number of carbonyl (C=O) groups is 1. The zero-order valence-electron chi connectivity index (χ0n) is 14.3. The summed E-state index contributed by atoms with van der Waals surface area (Å²) in [5.74, 6) is -0.00852. The maximum absolute atomic E-state index is 12.9. The minimum atomic E-state index is -0.314. The molecule has 0 spiro atoms. The van der Waals surface area contributed by atoms with Gasteiger partial charge in [-0.2, -0.15) is 0 Å². The molecule has 0 aliphatic rings. The highest BCUT2D eigenvalue weighted by Gasteiger charge is 2.05. The molecule has 0 aliphatic carbocycles. The van der Waals surface area contributed by atoms with Crippen LogP contribution in [0.1, 0.15) is 11.1 Å². The zero-order valence-corrected chi connectivity index (χ0v) is 14.3. The summed E-state index contributed by atoms with van der Waals surface area (Å²) in [5.41, 5.74) is 2.93. The van der Waals surface area contributed by atoms with Crippen molar-refractivity contribution in [1.29, 1.82) is 0 Å². The Morgan fingerprint density at radius 3 is 2.38 bits per heavy atom. The van der Waals surface area contributed by atoms with Gasteiger partial charge in [-0.25, -0.2) is 9.37 Å². The Morgan fingerprint density at radius 2 is 1.69 bits per heavy atom. The molecule has 0 saturated heterocycles. The quantitative estimate of drug-likeness (QED) is 0.676. The van der Waals surface area contributed by atoms with E-state index in [1.165, 1.54) is 17.7 Å². The highest BCUT2D eigenvalue weighted by atomic mass is 19.1. The van der Waals surface area contributed by atoms with Crippen LogP contribution in [0.25, 0.3) is 0 Å². The van der Waals surface area contributed by atoms with Crippen molar-refractivity contribution in [3.63, 3.8) is 0 Å². The topological polar surface area (TPSA) is 54.0 Å². The second kappa shape index (κ2) is 8.76. The van der Waals surface area contributed by atoms with E-state index in [2.05, 4.69) is 27.8 Å². The molecule has 0 radical (unpaired) electrons. The van der Waals surface area contributed by atoms with Crippen molar-refractivity contribution in [1.82, 2.24) is 4.98 Å². The van der Waals surface area contributed by atoms with Gasteiger partial charge in [0.15, 0.2) is 0 Å². The van der Waals surface area contributed by atoms with Crippen LogP contribution >= 0.6 is 0 Å². The summed E-state index contributed by atoms with van der Waals surface area (Å²) in [7, 11) is 0. The molecular formula is C21H20FN3O. The first-order chi connectivity index (χ1) is 12.7. The van der Waals surface area contributed by atoms with Gasteiger partial charge in [0, 0.05) is 6.54 Å². The van der Waals surface area contributed by atoms with Crippen molar-refractivity contribution in [3.8, 4) is 0 Å². The predicted octanol–water partition coefficient (Wildman–Crippen LogP) is 4.06. The number of hydrogen-bond donors (Lipinski definition) is 2. The van der Waals surface area contributed by atoms with Crippen LogP contribution in [0.5, 0.6) is 0 Å². The number of nitrogens with one attached hydrogen (secondary N) is 2. The Morgan fingerprint density at radius 1 is 0.923 bits per heavy atom. The summed E-state index contributed by atoms with van der Waals surface area (Å²) in [5, 5.41) is 6.05. The van der Waals surface area contributed by atoms with E-state index in [0.717, 1.165) is 24.2 Å². The summed E-state index contributed by atoms with van der Waals surface area (Å²) >= 11 is 0. The first kappa shape index (κ1) is 17.6. The summed E-state index contributed by atoms with van der Waals surface area (Å²) in [6.45, 7) is 0.808. The Hall–Kier alpha value is -3.21. The predicted molar refractivity (Wildman–Crippen MR) is 102 cm³/mol. The molecule has 0 fully saturated rings. The molecule has 2 aromatic carbocycles. The number of amides is 1. The molecule has 4 nitrogen and oxygen atoms in total. The third-order valence-corrected chi connectivity index (χ3v) is 3.89. The Kier molecular flexibility index (Phi) is 5.93. The van der Waals surface area contributed by atoms with Crippen LogP contribution in [-0.4, -0.2) is 17.4 Å². The third-order valence-electron chi connectivity index (χ3n) is 3.89. The van der Waals surface area contributed by atoms with Crippen molar-refractivity contribution in [2.45, 2.75) is 12.8 Å². The van der Waals surface area contributed by atoms with E-state index in [0.29, 0.717) is 5.82 Å². The average Bonchev–Trinajstić information content (AvgIpc) is 2.66. The number of benzene rings is 2. The van der Waals surface area contributed by atoms with Crippen molar-refractivity contribution < 1.29 is 9.18 Å². The number of anilines is 2. The molecule has 26 heavy (non-hydrogen) atoms. The smallest absolute Gasteiger partial charge is 0.229 e. The van der Waals surface area contributed by atoms with Gasteiger partial charge in [-0.3, -0.25) is 4.79 Å². The van der Waals surface area contributed by atoms with Gasteiger partial charge >= 0.3 is 0 Å². The van der Waals surface area contributed by atoms with E-state index in [-0.39, 0.29) is 18.1 Å². The van der Waals surface area contributed by atoms with Gasteiger partial charge in [-0.1, -0.05) is 42.5 Å². The van der Waals surface area contributed by atoms with Crippen molar-refractivity contribution in [2.75, 3.05) is 17.2 Å². The molecule has 1 heterocycles. The molecule has 3 aromatic rings. The lowest BCUT2D eigenvalue weighted by Crippen LogP contribution is -2.15. The number of rotatable bonds is 7. The van der Waals surface area contributed by atoms with Gasteiger partial charge in [-0.15, -0.1) is 0 Å². The molecule has 0 atom stereocenters. The molecule has 0 aliphatic heterocycles. The largest absolute Gasteiger partial charge is 0.383 e. The lowest BCUT2D eigenvalue weighted by Gasteiger charge is -2.08. The second-order valence-electron chi connectivity index (χ2n) is 5.95. The van der Waals surface area contributed by atoms with E-state index >= 15 is 0 Å². The van der Waals surface area contributed by atoms with Gasteiger partial charge in [-0.05, 0) is 41.8 Å². The standard InChI is InChI=1S/C21H20FN3O/c22-18-8-6-17(7-9-18)14-21(26)25-20-11-10-19(15-24-20)23-13-12-16-4-2-1-3-5-16/h1-11,15,23H,12-14H2,(H,24,25,26). The molecule has 2 N–H and O–H groups in total. The molecule has 132 valence electrons. The number of pyridine rings is 1. The first-order valence-electron chi connectivity index (χ1n) is 8.47. The van der Waals surface area contributed by atoms with Crippen molar-refractivity contribution in [2.24, 2.45) is 0 Å². The van der Waals surface area contributed by atoms with E-state index in [1.807, 2.05) is 24.3 Å². The fourth-order valence-corrected chi connectivity index (χ4v) is 2.54. The minimum Gasteiger partial charge on any atom is -0.383 e. The molecule has 5 heteroatoms. The number of hydrogen-bond acceptors (Lipinski definition) is 3. The van der Waals surface area contributed by atoms with Crippen LogP contribution in [0.3, 0.4) is 0 Å². The average molecular weight is 349 g/mol. The van der Waals surface area contributed by atoms with E-state index in [4.69, 9.17) is 0 Å². The van der Waals surface area contributed by atoms with Gasteiger partial charge < -0.3 is 10.6 Å². The summed E-state index contributed by atoms with van der Waals surface area (Å²) in [4.78, 5) is 16.3. The molecule has 0 saturated carbocycles. The fourth-order valence-electron chi connectivity index (χ4n) is 2.54. The van der Waals surface area contributed by atoms with Crippen LogP contribution < -0.4 is 10.6 Å². The SMILES string of the molecule is O=C(Cc1ccc(F)cc1)Nc1ccc(NCCc2ccccc2)cn1. The Balaban J connectivity index is 1.46. The van der Waals surface area contributed by atoms with E-state index < -0.39 is 0 Å². The monoisotopic (exact) mass is 349 g/mol. The number of halogens is 1. The van der Waals surface area contributed by atoms with Gasteiger partial charge in [0.05, 0.1) is 18.3 Å². The van der Waals surface area contributed by atoms with E-state index in [1.54, 1.807) is 24.4 Å². The highest BCUT2D eigenvalue weighted by molar-refractivity contribution is 5.91. The highest BCUT2D eigenvalue weighted by Crippen LogP contribution is 2.11. The maximum atomic E-state index is 12.9. The molecule has 0 bridgehead atoms. The van der Waals surface area contributed by atoms with Gasteiger partial charge in [0.25, 0.3) is 0 Å².